The molecule has 0 N–H and O–H groups in total. The third-order valence-electron chi connectivity index (χ3n) is 3.02. The van der Waals surface area contributed by atoms with Gasteiger partial charge >= 0.3 is 0 Å². The molecule has 2 aromatic rings. The highest BCUT2D eigenvalue weighted by Crippen LogP contribution is 2.27. The van der Waals surface area contributed by atoms with Crippen LogP contribution in [-0.2, 0) is 6.42 Å². The second-order valence-electron chi connectivity index (χ2n) is 4.72. The summed E-state index contributed by atoms with van der Waals surface area (Å²) in [5.41, 5.74) is 2.04. The SMILES string of the molecule is CCCOc1cccc(C(Cl)Cc2ccc(F)cc2)c1. The van der Waals surface area contributed by atoms with Crippen LogP contribution in [0.4, 0.5) is 4.39 Å². The molecule has 1 unspecified atom stereocenters. The maximum Gasteiger partial charge on any atom is 0.123 e. The van der Waals surface area contributed by atoms with Gasteiger partial charge in [-0.3, -0.25) is 0 Å². The number of ether oxygens (including phenoxy) is 1. The second-order valence-corrected chi connectivity index (χ2v) is 5.25. The maximum atomic E-state index is 12.9. The van der Waals surface area contributed by atoms with Gasteiger partial charge in [0.15, 0.2) is 0 Å². The maximum absolute atomic E-state index is 12.9. The molecule has 2 rings (SSSR count). The summed E-state index contributed by atoms with van der Waals surface area (Å²) in [4.78, 5) is 0. The molecule has 0 bridgehead atoms. The van der Waals surface area contributed by atoms with Crippen LogP contribution in [0, 0.1) is 5.82 Å². The zero-order valence-corrected chi connectivity index (χ0v) is 12.2. The van der Waals surface area contributed by atoms with Crippen LogP contribution in [0.1, 0.15) is 29.8 Å². The van der Waals surface area contributed by atoms with E-state index in [1.165, 1.54) is 12.1 Å². The van der Waals surface area contributed by atoms with Gasteiger partial charge in [0.1, 0.15) is 11.6 Å². The number of hydrogen-bond donors (Lipinski definition) is 0. The summed E-state index contributed by atoms with van der Waals surface area (Å²) in [6.45, 7) is 2.77. The average Bonchev–Trinajstić information content (AvgIpc) is 2.48. The third kappa shape index (κ3) is 4.24. The molecule has 20 heavy (non-hydrogen) atoms. The molecule has 0 aliphatic heterocycles. The normalized spacial score (nSPS) is 12.2. The quantitative estimate of drug-likeness (QED) is 0.670. The molecular weight excluding hydrogens is 275 g/mol. The van der Waals surface area contributed by atoms with Crippen molar-refractivity contribution in [2.24, 2.45) is 0 Å². The van der Waals surface area contributed by atoms with E-state index in [2.05, 4.69) is 6.92 Å². The lowest BCUT2D eigenvalue weighted by atomic mass is 10.0. The summed E-state index contributed by atoms with van der Waals surface area (Å²) in [6, 6.07) is 14.3. The van der Waals surface area contributed by atoms with E-state index in [-0.39, 0.29) is 11.2 Å². The smallest absolute Gasteiger partial charge is 0.123 e. The van der Waals surface area contributed by atoms with Crippen molar-refractivity contribution >= 4 is 11.6 Å². The van der Waals surface area contributed by atoms with E-state index < -0.39 is 0 Å². The molecule has 0 saturated carbocycles. The Hall–Kier alpha value is -1.54. The zero-order valence-electron chi connectivity index (χ0n) is 11.5. The van der Waals surface area contributed by atoms with Crippen molar-refractivity contribution < 1.29 is 9.13 Å². The topological polar surface area (TPSA) is 9.23 Å². The molecule has 0 amide bonds. The van der Waals surface area contributed by atoms with Crippen molar-refractivity contribution in [3.63, 3.8) is 0 Å². The van der Waals surface area contributed by atoms with Gasteiger partial charge in [-0.1, -0.05) is 31.2 Å². The summed E-state index contributed by atoms with van der Waals surface area (Å²) in [7, 11) is 0. The number of alkyl halides is 1. The summed E-state index contributed by atoms with van der Waals surface area (Å²) < 4.78 is 18.5. The summed E-state index contributed by atoms with van der Waals surface area (Å²) in [5, 5.41) is -0.148. The van der Waals surface area contributed by atoms with Gasteiger partial charge in [0.2, 0.25) is 0 Å². The van der Waals surface area contributed by atoms with Gasteiger partial charge in [-0.05, 0) is 48.2 Å². The molecule has 0 saturated heterocycles. The molecule has 0 aromatic heterocycles. The molecule has 0 radical (unpaired) electrons. The van der Waals surface area contributed by atoms with E-state index in [0.29, 0.717) is 13.0 Å². The standard InChI is InChI=1S/C17H18ClFO/c1-2-10-20-16-5-3-4-14(12-16)17(18)11-13-6-8-15(19)9-7-13/h3-9,12,17H,2,10-11H2,1H3. The van der Waals surface area contributed by atoms with Gasteiger partial charge in [0, 0.05) is 0 Å². The van der Waals surface area contributed by atoms with E-state index in [4.69, 9.17) is 16.3 Å². The Labute approximate surface area is 124 Å². The van der Waals surface area contributed by atoms with Crippen molar-refractivity contribution in [1.82, 2.24) is 0 Å². The first-order valence-corrected chi connectivity index (χ1v) is 7.24. The molecule has 0 aliphatic rings. The Morgan fingerprint density at radius 1 is 1.15 bits per heavy atom. The van der Waals surface area contributed by atoms with Gasteiger partial charge in [-0.25, -0.2) is 4.39 Å². The van der Waals surface area contributed by atoms with Gasteiger partial charge in [-0.15, -0.1) is 11.6 Å². The van der Waals surface area contributed by atoms with Crippen LogP contribution in [0.15, 0.2) is 48.5 Å². The zero-order chi connectivity index (χ0) is 14.4. The lowest BCUT2D eigenvalue weighted by Gasteiger charge is -2.12. The van der Waals surface area contributed by atoms with Crippen molar-refractivity contribution in [2.75, 3.05) is 6.61 Å². The number of halogens is 2. The van der Waals surface area contributed by atoms with E-state index in [1.54, 1.807) is 12.1 Å². The Bertz CT molecular complexity index is 539. The Morgan fingerprint density at radius 2 is 1.90 bits per heavy atom. The molecule has 0 fully saturated rings. The lowest BCUT2D eigenvalue weighted by Crippen LogP contribution is -1.99. The Morgan fingerprint density at radius 3 is 2.60 bits per heavy atom. The third-order valence-corrected chi connectivity index (χ3v) is 3.43. The van der Waals surface area contributed by atoms with Crippen LogP contribution >= 0.6 is 11.6 Å². The van der Waals surface area contributed by atoms with E-state index in [0.717, 1.165) is 23.3 Å². The van der Waals surface area contributed by atoms with Crippen molar-refractivity contribution in [1.29, 1.82) is 0 Å². The fraction of sp³-hybridized carbons (Fsp3) is 0.294. The first kappa shape index (κ1) is 14.9. The first-order valence-electron chi connectivity index (χ1n) is 6.80. The van der Waals surface area contributed by atoms with Crippen molar-refractivity contribution in [3.8, 4) is 5.75 Å². The minimum Gasteiger partial charge on any atom is -0.494 e. The molecule has 0 spiro atoms. The van der Waals surface area contributed by atoms with Gasteiger partial charge in [0.05, 0.1) is 12.0 Å². The van der Waals surface area contributed by atoms with Crippen LogP contribution in [0.5, 0.6) is 5.75 Å². The van der Waals surface area contributed by atoms with Gasteiger partial charge in [-0.2, -0.15) is 0 Å². The molecular formula is C17H18ClFO. The molecule has 2 aromatic carbocycles. The molecule has 1 atom stereocenters. The average molecular weight is 293 g/mol. The van der Waals surface area contributed by atoms with Crippen LogP contribution in [0.25, 0.3) is 0 Å². The monoisotopic (exact) mass is 292 g/mol. The van der Waals surface area contributed by atoms with Crippen LogP contribution in [0.3, 0.4) is 0 Å². The number of rotatable bonds is 6. The fourth-order valence-corrected chi connectivity index (χ4v) is 2.28. The highest BCUT2D eigenvalue weighted by atomic mass is 35.5. The number of hydrogen-bond acceptors (Lipinski definition) is 1. The molecule has 0 heterocycles. The van der Waals surface area contributed by atoms with Crippen molar-refractivity contribution in [3.05, 3.63) is 65.5 Å². The van der Waals surface area contributed by atoms with E-state index in [1.807, 2.05) is 24.3 Å². The molecule has 3 heteroatoms. The van der Waals surface area contributed by atoms with Gasteiger partial charge in [0.25, 0.3) is 0 Å². The highest BCUT2D eigenvalue weighted by molar-refractivity contribution is 6.20. The summed E-state index contributed by atoms with van der Waals surface area (Å²) >= 11 is 6.44. The molecule has 1 nitrogen and oxygen atoms in total. The first-order chi connectivity index (χ1) is 9.69. The molecule has 0 aliphatic carbocycles. The minimum atomic E-state index is -0.227. The van der Waals surface area contributed by atoms with E-state index >= 15 is 0 Å². The van der Waals surface area contributed by atoms with E-state index in [9.17, 15) is 4.39 Å². The second kappa shape index (κ2) is 7.30. The van der Waals surface area contributed by atoms with Crippen molar-refractivity contribution in [2.45, 2.75) is 25.1 Å². The summed E-state index contributed by atoms with van der Waals surface area (Å²) in [6.07, 6.45) is 1.64. The number of benzene rings is 2. The largest absolute Gasteiger partial charge is 0.494 e. The van der Waals surface area contributed by atoms with Crippen LogP contribution in [0.2, 0.25) is 0 Å². The van der Waals surface area contributed by atoms with Crippen LogP contribution < -0.4 is 4.74 Å². The predicted molar refractivity (Wildman–Crippen MR) is 80.9 cm³/mol. The Kier molecular flexibility index (Phi) is 5.42. The highest BCUT2D eigenvalue weighted by Gasteiger charge is 2.10. The summed E-state index contributed by atoms with van der Waals surface area (Å²) in [5.74, 6) is 0.615. The molecule has 106 valence electrons. The predicted octanol–water partition coefficient (Wildman–Crippen LogP) is 5.14. The minimum absolute atomic E-state index is 0.148. The fourth-order valence-electron chi connectivity index (χ4n) is 1.96. The van der Waals surface area contributed by atoms with Gasteiger partial charge < -0.3 is 4.74 Å². The van der Waals surface area contributed by atoms with Crippen LogP contribution in [-0.4, -0.2) is 6.61 Å². The lowest BCUT2D eigenvalue weighted by molar-refractivity contribution is 0.317. The Balaban J connectivity index is 2.04.